The molecule has 16 heavy (non-hydrogen) atoms. The summed E-state index contributed by atoms with van der Waals surface area (Å²) in [5.41, 5.74) is 1.03. The molecule has 0 spiro atoms. The van der Waals surface area contributed by atoms with E-state index in [1.807, 2.05) is 12.1 Å². The van der Waals surface area contributed by atoms with Crippen LogP contribution in [0.5, 0.6) is 0 Å². The van der Waals surface area contributed by atoms with Gasteiger partial charge in [-0.1, -0.05) is 6.92 Å². The van der Waals surface area contributed by atoms with E-state index in [0.29, 0.717) is 12.6 Å². The van der Waals surface area contributed by atoms with Crippen molar-refractivity contribution in [2.24, 2.45) is 5.92 Å². The van der Waals surface area contributed by atoms with Gasteiger partial charge in [0.15, 0.2) is 12.2 Å². The predicted octanol–water partition coefficient (Wildman–Crippen LogP) is 2.38. The Kier molecular flexibility index (Phi) is 3.28. The second-order valence-corrected chi connectivity index (χ2v) is 5.14. The molecule has 0 saturated heterocycles. The topological polar surface area (TPSA) is 30.2 Å². The highest BCUT2D eigenvalue weighted by atomic mass is 79.9. The molecule has 4 heteroatoms. The van der Waals surface area contributed by atoms with Crippen LogP contribution in [-0.2, 0) is 16.1 Å². The fourth-order valence-electron chi connectivity index (χ4n) is 1.76. The number of aromatic nitrogens is 1. The highest BCUT2D eigenvalue weighted by Gasteiger charge is 2.43. The van der Waals surface area contributed by atoms with E-state index in [2.05, 4.69) is 33.6 Å². The Labute approximate surface area is 104 Å². The first kappa shape index (κ1) is 11.6. The van der Waals surface area contributed by atoms with E-state index in [1.165, 1.54) is 13.3 Å². The van der Waals surface area contributed by atoms with Crippen LogP contribution in [0.3, 0.4) is 0 Å². The lowest BCUT2D eigenvalue weighted by Crippen LogP contribution is -2.35. The van der Waals surface area contributed by atoms with Gasteiger partial charge in [-0.2, -0.15) is 4.57 Å². The van der Waals surface area contributed by atoms with Gasteiger partial charge in [-0.25, -0.2) is 0 Å². The summed E-state index contributed by atoms with van der Waals surface area (Å²) in [6.07, 6.45) is 3.28. The molecule has 2 rings (SSSR count). The van der Waals surface area contributed by atoms with E-state index in [4.69, 9.17) is 4.74 Å². The fourth-order valence-corrected chi connectivity index (χ4v) is 2.26. The SMILES string of the molecule is CC(=O)OCc1ccc(Br)[n+]([C@H]2CC2C)c1. The molecule has 86 valence electrons. The van der Waals surface area contributed by atoms with Crippen LogP contribution in [0.1, 0.15) is 31.9 Å². The van der Waals surface area contributed by atoms with E-state index in [-0.39, 0.29) is 5.97 Å². The summed E-state index contributed by atoms with van der Waals surface area (Å²) in [5, 5.41) is 0. The van der Waals surface area contributed by atoms with Gasteiger partial charge in [0.25, 0.3) is 0 Å². The van der Waals surface area contributed by atoms with Crippen LogP contribution in [0.4, 0.5) is 0 Å². The number of esters is 1. The molecule has 1 aromatic rings. The molecule has 0 radical (unpaired) electrons. The summed E-state index contributed by atoms with van der Waals surface area (Å²) in [6, 6.07) is 4.56. The quantitative estimate of drug-likeness (QED) is 0.485. The molecule has 1 heterocycles. The first-order chi connectivity index (χ1) is 7.58. The third kappa shape index (κ3) is 2.61. The number of rotatable bonds is 3. The lowest BCUT2D eigenvalue weighted by Gasteiger charge is -2.03. The minimum Gasteiger partial charge on any atom is -0.461 e. The van der Waals surface area contributed by atoms with Crippen LogP contribution in [0, 0.1) is 5.92 Å². The fraction of sp³-hybridized carbons (Fsp3) is 0.500. The third-order valence-corrected chi connectivity index (χ3v) is 3.53. The van der Waals surface area contributed by atoms with Crippen LogP contribution in [-0.4, -0.2) is 5.97 Å². The van der Waals surface area contributed by atoms with Gasteiger partial charge in [-0.15, -0.1) is 0 Å². The number of hydrogen-bond acceptors (Lipinski definition) is 2. The van der Waals surface area contributed by atoms with Crippen molar-refractivity contribution in [3.8, 4) is 0 Å². The monoisotopic (exact) mass is 284 g/mol. The minimum atomic E-state index is -0.241. The van der Waals surface area contributed by atoms with Crippen LogP contribution in [0.2, 0.25) is 0 Å². The molecule has 0 aromatic carbocycles. The molecule has 0 amide bonds. The largest absolute Gasteiger partial charge is 0.461 e. The summed E-state index contributed by atoms with van der Waals surface area (Å²) >= 11 is 3.53. The predicted molar refractivity (Wildman–Crippen MR) is 62.6 cm³/mol. The van der Waals surface area contributed by atoms with Crippen LogP contribution >= 0.6 is 15.9 Å². The number of pyridine rings is 1. The zero-order valence-electron chi connectivity index (χ0n) is 9.44. The van der Waals surface area contributed by atoms with Gasteiger partial charge in [0, 0.05) is 41.3 Å². The van der Waals surface area contributed by atoms with Crippen molar-refractivity contribution in [1.82, 2.24) is 0 Å². The lowest BCUT2D eigenvalue weighted by molar-refractivity contribution is -0.714. The van der Waals surface area contributed by atoms with Gasteiger partial charge < -0.3 is 4.74 Å². The molecule has 1 fully saturated rings. The molecule has 0 N–H and O–H groups in total. The summed E-state index contributed by atoms with van der Waals surface area (Å²) in [4.78, 5) is 10.7. The first-order valence-electron chi connectivity index (χ1n) is 5.41. The normalized spacial score (nSPS) is 22.9. The van der Waals surface area contributed by atoms with Crippen molar-refractivity contribution >= 4 is 21.9 Å². The van der Waals surface area contributed by atoms with E-state index in [0.717, 1.165) is 16.1 Å². The summed E-state index contributed by atoms with van der Waals surface area (Å²) in [5.74, 6) is 0.500. The number of carbonyl (C=O) groups is 1. The van der Waals surface area contributed by atoms with Gasteiger partial charge in [0.05, 0.1) is 5.56 Å². The van der Waals surface area contributed by atoms with Gasteiger partial charge in [-0.05, 0) is 6.07 Å². The second-order valence-electron chi connectivity index (χ2n) is 4.33. The zero-order chi connectivity index (χ0) is 11.7. The van der Waals surface area contributed by atoms with Gasteiger partial charge in [0.1, 0.15) is 6.61 Å². The Balaban J connectivity index is 2.12. The zero-order valence-corrected chi connectivity index (χ0v) is 11.0. The molecule has 3 nitrogen and oxygen atoms in total. The minimum absolute atomic E-state index is 0.241. The van der Waals surface area contributed by atoms with E-state index >= 15 is 0 Å². The Morgan fingerprint density at radius 2 is 2.31 bits per heavy atom. The van der Waals surface area contributed by atoms with Gasteiger partial charge >= 0.3 is 5.97 Å². The van der Waals surface area contributed by atoms with E-state index in [9.17, 15) is 4.79 Å². The van der Waals surface area contributed by atoms with Crippen molar-refractivity contribution in [1.29, 1.82) is 0 Å². The maximum absolute atomic E-state index is 10.7. The van der Waals surface area contributed by atoms with Gasteiger partial charge in [-0.3, -0.25) is 4.79 Å². The van der Waals surface area contributed by atoms with Crippen molar-refractivity contribution in [2.45, 2.75) is 32.9 Å². The molecule has 1 aromatic heterocycles. The van der Waals surface area contributed by atoms with Crippen molar-refractivity contribution < 1.29 is 14.1 Å². The van der Waals surface area contributed by atoms with Gasteiger partial charge in [0.2, 0.25) is 4.60 Å². The lowest BCUT2D eigenvalue weighted by atomic mass is 10.3. The smallest absolute Gasteiger partial charge is 0.302 e. The average Bonchev–Trinajstić information content (AvgIpc) is 2.94. The molecular formula is C12H15BrNO2+. The maximum Gasteiger partial charge on any atom is 0.302 e. The summed E-state index contributed by atoms with van der Waals surface area (Å²) < 4.78 is 8.27. The molecule has 0 aliphatic heterocycles. The first-order valence-corrected chi connectivity index (χ1v) is 6.20. The molecule has 1 aliphatic rings. The number of hydrogen-bond donors (Lipinski definition) is 0. The molecule has 2 atom stereocenters. The highest BCUT2D eigenvalue weighted by molar-refractivity contribution is 9.10. The number of carbonyl (C=O) groups excluding carboxylic acids is 1. The summed E-state index contributed by atoms with van der Waals surface area (Å²) in [7, 11) is 0. The second kappa shape index (κ2) is 4.53. The average molecular weight is 285 g/mol. The van der Waals surface area contributed by atoms with Crippen LogP contribution in [0.15, 0.2) is 22.9 Å². The number of halogens is 1. The maximum atomic E-state index is 10.7. The Hall–Kier alpha value is -0.900. The Morgan fingerprint density at radius 3 is 2.88 bits per heavy atom. The van der Waals surface area contributed by atoms with Crippen LogP contribution in [0.25, 0.3) is 0 Å². The van der Waals surface area contributed by atoms with Crippen molar-refractivity contribution in [3.63, 3.8) is 0 Å². The molecule has 1 unspecified atom stereocenters. The summed E-state index contributed by atoms with van der Waals surface area (Å²) in [6.45, 7) is 4.02. The van der Waals surface area contributed by atoms with E-state index < -0.39 is 0 Å². The Bertz CT molecular complexity index is 419. The number of nitrogens with zero attached hydrogens (tertiary/aromatic N) is 1. The molecule has 1 saturated carbocycles. The van der Waals surface area contributed by atoms with Crippen molar-refractivity contribution in [3.05, 3.63) is 28.5 Å². The van der Waals surface area contributed by atoms with E-state index in [1.54, 1.807) is 0 Å². The molecule has 0 bridgehead atoms. The molecule has 1 aliphatic carbocycles. The third-order valence-electron chi connectivity index (χ3n) is 2.85. The number of ether oxygens (including phenoxy) is 1. The molecular weight excluding hydrogens is 270 g/mol. The highest BCUT2D eigenvalue weighted by Crippen LogP contribution is 2.38. The van der Waals surface area contributed by atoms with Crippen molar-refractivity contribution in [2.75, 3.05) is 0 Å². The van der Waals surface area contributed by atoms with Crippen LogP contribution < -0.4 is 4.57 Å². The Morgan fingerprint density at radius 1 is 1.62 bits per heavy atom. The standard InChI is InChI=1S/C12H15BrNO2/c1-8-5-11(8)14-6-10(3-4-12(14)13)7-16-9(2)15/h3-4,6,8,11H,5,7H2,1-2H3/q+1/t8?,11-/m0/s1.